The first kappa shape index (κ1) is 34.1. The summed E-state index contributed by atoms with van der Waals surface area (Å²) in [6.45, 7) is 11.7. The molecule has 0 unspecified atom stereocenters. The van der Waals surface area contributed by atoms with Crippen LogP contribution in [-0.2, 0) is 4.79 Å². The zero-order valence-electron chi connectivity index (χ0n) is 27.5. The van der Waals surface area contributed by atoms with E-state index in [-0.39, 0.29) is 17.9 Å². The topological polar surface area (TPSA) is 137 Å². The van der Waals surface area contributed by atoms with Gasteiger partial charge in [0.05, 0.1) is 19.4 Å². The Labute approximate surface area is 270 Å². The minimum atomic E-state index is -0.468. The van der Waals surface area contributed by atoms with Crippen LogP contribution >= 0.6 is 0 Å². The standard InChI is InChI=1S/C37H46N4O5/c1-25(12-14-31-27(3)11-7-17-37(31,4)5)9-6-10-26(2)21-32(42)40-23-30(38)24-41(39)18-8-19-44-36-34-29(16-20-45-34)22-28-13-15-33(43)46-35(28)36/h6,9-10,12-16,20-22,24H,7-8,11,17-19,23,38-39H2,1-5H3,(H,40,42)/b10-6+,14-12+,25-9+,26-21+,30-24-. The highest BCUT2D eigenvalue weighted by Crippen LogP contribution is 2.41. The first-order chi connectivity index (χ1) is 21.9. The third kappa shape index (κ3) is 9.37. The average Bonchev–Trinajstić information content (AvgIpc) is 3.45. The van der Waals surface area contributed by atoms with E-state index in [1.165, 1.54) is 47.6 Å². The van der Waals surface area contributed by atoms with E-state index in [0.717, 1.165) is 21.9 Å². The summed E-state index contributed by atoms with van der Waals surface area (Å²) in [5.41, 5.74) is 12.0. The molecule has 46 heavy (non-hydrogen) atoms. The highest BCUT2D eigenvalue weighted by molar-refractivity contribution is 5.99. The Balaban J connectivity index is 1.21. The van der Waals surface area contributed by atoms with Crippen molar-refractivity contribution in [1.29, 1.82) is 0 Å². The van der Waals surface area contributed by atoms with Crippen molar-refractivity contribution in [3.8, 4) is 5.75 Å². The lowest BCUT2D eigenvalue weighted by molar-refractivity contribution is -0.116. The second-order valence-electron chi connectivity index (χ2n) is 12.5. The van der Waals surface area contributed by atoms with Crippen LogP contribution in [0, 0.1) is 5.41 Å². The first-order valence-electron chi connectivity index (χ1n) is 15.7. The van der Waals surface area contributed by atoms with Crippen LogP contribution in [0.1, 0.15) is 60.3 Å². The number of rotatable bonds is 13. The molecule has 1 aliphatic rings. The van der Waals surface area contributed by atoms with Gasteiger partial charge in [-0.15, -0.1) is 0 Å². The number of nitrogens with zero attached hydrogens (tertiary/aromatic N) is 1. The number of fused-ring (bicyclic) bond motifs is 2. The number of benzene rings is 1. The van der Waals surface area contributed by atoms with Gasteiger partial charge in [0, 0.05) is 47.8 Å². The Bertz CT molecular complexity index is 1800. The predicted molar refractivity (Wildman–Crippen MR) is 185 cm³/mol. The van der Waals surface area contributed by atoms with Crippen molar-refractivity contribution >= 4 is 27.8 Å². The maximum atomic E-state index is 12.4. The van der Waals surface area contributed by atoms with E-state index in [4.69, 9.17) is 25.1 Å². The highest BCUT2D eigenvalue weighted by Gasteiger charge is 2.26. The lowest BCUT2D eigenvalue weighted by Crippen LogP contribution is -2.32. The van der Waals surface area contributed by atoms with E-state index < -0.39 is 5.63 Å². The fourth-order valence-corrected chi connectivity index (χ4v) is 5.61. The molecular weight excluding hydrogens is 580 g/mol. The lowest BCUT2D eigenvalue weighted by atomic mass is 9.72. The zero-order valence-corrected chi connectivity index (χ0v) is 27.5. The van der Waals surface area contributed by atoms with Gasteiger partial charge in [0.25, 0.3) is 0 Å². The number of hydrazine groups is 1. The van der Waals surface area contributed by atoms with Crippen LogP contribution in [0.25, 0.3) is 21.9 Å². The maximum absolute atomic E-state index is 12.4. The quantitative estimate of drug-likeness (QED) is 0.0464. The number of nitrogens with two attached hydrogens (primary N) is 2. The molecule has 2 heterocycles. The molecule has 0 saturated heterocycles. The van der Waals surface area contributed by atoms with E-state index in [9.17, 15) is 9.59 Å². The Morgan fingerprint density at radius 2 is 1.91 bits per heavy atom. The minimum Gasteiger partial charge on any atom is -0.486 e. The minimum absolute atomic E-state index is 0.150. The number of amides is 1. The number of allylic oxidation sites excluding steroid dienone is 9. The predicted octanol–water partition coefficient (Wildman–Crippen LogP) is 6.93. The summed E-state index contributed by atoms with van der Waals surface area (Å²) in [7, 11) is 0. The van der Waals surface area contributed by atoms with Gasteiger partial charge in [0.1, 0.15) is 0 Å². The molecule has 0 bridgehead atoms. The van der Waals surface area contributed by atoms with E-state index in [1.54, 1.807) is 18.5 Å². The van der Waals surface area contributed by atoms with Gasteiger partial charge in [-0.2, -0.15) is 0 Å². The molecule has 5 N–H and O–H groups in total. The molecule has 244 valence electrons. The summed E-state index contributed by atoms with van der Waals surface area (Å²) < 4.78 is 16.9. The monoisotopic (exact) mass is 626 g/mol. The number of hydrogen-bond donors (Lipinski definition) is 3. The van der Waals surface area contributed by atoms with Crippen molar-refractivity contribution in [3.05, 3.63) is 112 Å². The number of hydrogen-bond acceptors (Lipinski definition) is 8. The molecule has 1 amide bonds. The summed E-state index contributed by atoms with van der Waals surface area (Å²) in [5, 5.41) is 5.81. The van der Waals surface area contributed by atoms with Crippen LogP contribution in [-0.4, -0.2) is 30.6 Å². The van der Waals surface area contributed by atoms with Crippen molar-refractivity contribution in [1.82, 2.24) is 10.3 Å². The van der Waals surface area contributed by atoms with Crippen LogP contribution in [0.4, 0.5) is 0 Å². The molecule has 0 fully saturated rings. The maximum Gasteiger partial charge on any atom is 0.336 e. The van der Waals surface area contributed by atoms with Crippen molar-refractivity contribution in [2.24, 2.45) is 17.0 Å². The summed E-state index contributed by atoms with van der Waals surface area (Å²) in [5.74, 6) is 6.22. The van der Waals surface area contributed by atoms with E-state index in [2.05, 4.69) is 45.2 Å². The van der Waals surface area contributed by atoms with Gasteiger partial charge in [-0.25, -0.2) is 10.6 Å². The van der Waals surface area contributed by atoms with Gasteiger partial charge in [0.15, 0.2) is 11.2 Å². The van der Waals surface area contributed by atoms with Crippen LogP contribution in [0.3, 0.4) is 0 Å². The zero-order chi connectivity index (χ0) is 33.3. The first-order valence-corrected chi connectivity index (χ1v) is 15.7. The second-order valence-corrected chi connectivity index (χ2v) is 12.5. The van der Waals surface area contributed by atoms with Crippen LogP contribution in [0.15, 0.2) is 115 Å². The second kappa shape index (κ2) is 15.5. The van der Waals surface area contributed by atoms with E-state index in [0.29, 0.717) is 42.2 Å². The summed E-state index contributed by atoms with van der Waals surface area (Å²) in [4.78, 5) is 24.2. The molecule has 3 aromatic rings. The van der Waals surface area contributed by atoms with Gasteiger partial charge < -0.3 is 29.6 Å². The summed E-state index contributed by atoms with van der Waals surface area (Å²) >= 11 is 0. The SMILES string of the molecule is CC1=C(/C=C/C(C)=C/C=C/C(C)=C/C(=O)NC/C(N)=C/N(N)CCCOc2c3occc3cc3ccc(=O)oc23)C(C)(C)CCC1. The molecule has 0 saturated carbocycles. The number of nitrogens with one attached hydrogen (secondary N) is 1. The van der Waals surface area contributed by atoms with E-state index in [1.807, 2.05) is 37.3 Å². The van der Waals surface area contributed by atoms with Crippen LogP contribution < -0.4 is 27.3 Å². The largest absolute Gasteiger partial charge is 0.486 e. The Morgan fingerprint density at radius 1 is 1.13 bits per heavy atom. The van der Waals surface area contributed by atoms with Gasteiger partial charge in [-0.3, -0.25) is 4.79 Å². The molecule has 0 aliphatic heterocycles. The van der Waals surface area contributed by atoms with Crippen LogP contribution in [0.2, 0.25) is 0 Å². The normalized spacial score (nSPS) is 16.3. The van der Waals surface area contributed by atoms with E-state index >= 15 is 0 Å². The molecule has 1 aromatic carbocycles. The molecule has 9 nitrogen and oxygen atoms in total. The Kier molecular flexibility index (Phi) is 11.5. The molecule has 1 aliphatic carbocycles. The van der Waals surface area contributed by atoms with Crippen molar-refractivity contribution in [3.63, 3.8) is 0 Å². The highest BCUT2D eigenvalue weighted by atomic mass is 16.5. The smallest absolute Gasteiger partial charge is 0.336 e. The molecule has 2 aromatic heterocycles. The summed E-state index contributed by atoms with van der Waals surface area (Å²) in [6, 6.07) is 6.76. The Hall–Kier alpha value is -4.76. The lowest BCUT2D eigenvalue weighted by Gasteiger charge is -2.32. The number of furan rings is 1. The van der Waals surface area contributed by atoms with Gasteiger partial charge in [-0.1, -0.05) is 55.4 Å². The van der Waals surface area contributed by atoms with Crippen molar-refractivity contribution in [2.45, 2.75) is 60.3 Å². The number of carbonyl (C=O) groups excluding carboxylic acids is 1. The number of ether oxygens (including phenoxy) is 1. The molecule has 0 spiro atoms. The third-order valence-corrected chi connectivity index (χ3v) is 8.02. The molecule has 4 rings (SSSR count). The van der Waals surface area contributed by atoms with Gasteiger partial charge in [0.2, 0.25) is 11.7 Å². The fourth-order valence-electron chi connectivity index (χ4n) is 5.61. The molecule has 0 atom stereocenters. The average molecular weight is 627 g/mol. The Morgan fingerprint density at radius 3 is 2.70 bits per heavy atom. The van der Waals surface area contributed by atoms with Crippen molar-refractivity contribution < 1.29 is 18.4 Å². The van der Waals surface area contributed by atoms with Crippen LogP contribution in [0.5, 0.6) is 5.75 Å². The fraction of sp³-hybridized carbons (Fsp3) is 0.351. The molecular formula is C37H46N4O5. The van der Waals surface area contributed by atoms with Crippen molar-refractivity contribution in [2.75, 3.05) is 19.7 Å². The number of carbonyl (C=O) groups is 1. The molecule has 0 radical (unpaired) electrons. The molecule has 9 heteroatoms. The third-order valence-electron chi connectivity index (χ3n) is 8.02. The summed E-state index contributed by atoms with van der Waals surface area (Å²) in [6.07, 6.45) is 19.2. The van der Waals surface area contributed by atoms with Gasteiger partial charge >= 0.3 is 5.63 Å². The van der Waals surface area contributed by atoms with Gasteiger partial charge in [-0.05, 0) is 74.8 Å².